The van der Waals surface area contributed by atoms with E-state index in [1.165, 1.54) is 0 Å². The van der Waals surface area contributed by atoms with Crippen molar-refractivity contribution in [3.05, 3.63) is 22.0 Å². The number of halogens is 4. The summed E-state index contributed by atoms with van der Waals surface area (Å²) in [6, 6.07) is 0. The molecular formula is C10H10ClF3N6OS. The lowest BCUT2D eigenvalue weighted by Crippen LogP contribution is -2.25. The van der Waals surface area contributed by atoms with Crippen LogP contribution in [0.2, 0.25) is 0 Å². The first kappa shape index (κ1) is 16.6. The fourth-order valence-electron chi connectivity index (χ4n) is 1.96. The van der Waals surface area contributed by atoms with Crippen LogP contribution < -0.4 is 10.6 Å². The van der Waals surface area contributed by atoms with E-state index in [1.54, 1.807) is 0 Å². The first-order valence-electron chi connectivity index (χ1n) is 5.94. The number of aromatic nitrogens is 4. The number of nitrogens with one attached hydrogen (secondary N) is 3. The van der Waals surface area contributed by atoms with Crippen LogP contribution >= 0.6 is 23.7 Å². The number of anilines is 1. The van der Waals surface area contributed by atoms with Crippen molar-refractivity contribution in [2.45, 2.75) is 19.1 Å². The summed E-state index contributed by atoms with van der Waals surface area (Å²) in [5.74, 6) is -0.610. The summed E-state index contributed by atoms with van der Waals surface area (Å²) in [5, 5.41) is 17.0. The topological polar surface area (TPSA) is 95.6 Å². The van der Waals surface area contributed by atoms with Crippen molar-refractivity contribution in [3.63, 3.8) is 0 Å². The van der Waals surface area contributed by atoms with E-state index in [4.69, 9.17) is 0 Å². The molecule has 12 heteroatoms. The van der Waals surface area contributed by atoms with Gasteiger partial charge in [-0.2, -0.15) is 18.3 Å². The van der Waals surface area contributed by atoms with Crippen molar-refractivity contribution in [3.8, 4) is 0 Å². The zero-order chi connectivity index (χ0) is 15.0. The summed E-state index contributed by atoms with van der Waals surface area (Å²) in [6.07, 6.45) is -3.86. The Morgan fingerprint density at radius 3 is 2.77 bits per heavy atom. The molecule has 0 radical (unpaired) electrons. The maximum atomic E-state index is 12.4. The lowest BCUT2D eigenvalue weighted by atomic mass is 10.1. The van der Waals surface area contributed by atoms with Crippen LogP contribution in [0.25, 0.3) is 0 Å². The number of amides is 1. The van der Waals surface area contributed by atoms with Crippen LogP contribution in [0.15, 0.2) is 0 Å². The Balaban J connectivity index is 0.00000176. The molecule has 22 heavy (non-hydrogen) atoms. The van der Waals surface area contributed by atoms with E-state index in [0.29, 0.717) is 13.0 Å². The first-order valence-corrected chi connectivity index (χ1v) is 6.75. The fraction of sp³-hybridized carbons (Fsp3) is 0.400. The van der Waals surface area contributed by atoms with Gasteiger partial charge in [0.05, 0.1) is 0 Å². The van der Waals surface area contributed by atoms with E-state index in [9.17, 15) is 18.0 Å². The second-order valence-electron chi connectivity index (χ2n) is 4.32. The third kappa shape index (κ3) is 3.20. The van der Waals surface area contributed by atoms with E-state index < -0.39 is 17.1 Å². The maximum absolute atomic E-state index is 12.4. The molecule has 0 saturated carbocycles. The van der Waals surface area contributed by atoms with Crippen molar-refractivity contribution < 1.29 is 18.0 Å². The molecule has 3 heterocycles. The molecule has 1 aliphatic rings. The minimum Gasteiger partial charge on any atom is -0.312 e. The summed E-state index contributed by atoms with van der Waals surface area (Å²) < 4.78 is 37.2. The molecule has 2 aromatic rings. The Bertz CT molecular complexity index is 685. The number of hydrogen-bond donors (Lipinski definition) is 3. The predicted octanol–water partition coefficient (Wildman–Crippen LogP) is 1.60. The van der Waals surface area contributed by atoms with Crippen LogP contribution in [0.4, 0.5) is 18.3 Å². The predicted molar refractivity (Wildman–Crippen MR) is 74.1 cm³/mol. The third-order valence-corrected chi connectivity index (χ3v) is 3.79. The highest BCUT2D eigenvalue weighted by atomic mass is 35.5. The van der Waals surface area contributed by atoms with Crippen molar-refractivity contribution in [2.75, 3.05) is 11.9 Å². The molecule has 1 aliphatic heterocycles. The van der Waals surface area contributed by atoms with Crippen LogP contribution in [0.1, 0.15) is 26.8 Å². The molecule has 7 nitrogen and oxygen atoms in total. The van der Waals surface area contributed by atoms with E-state index in [0.717, 1.165) is 17.8 Å². The van der Waals surface area contributed by atoms with E-state index in [2.05, 4.69) is 31.0 Å². The van der Waals surface area contributed by atoms with Crippen LogP contribution in [0.5, 0.6) is 0 Å². The Morgan fingerprint density at radius 1 is 1.32 bits per heavy atom. The number of carbonyl (C=O) groups excluding carboxylic acids is 1. The van der Waals surface area contributed by atoms with Gasteiger partial charge in [-0.1, -0.05) is 11.3 Å². The van der Waals surface area contributed by atoms with E-state index >= 15 is 0 Å². The van der Waals surface area contributed by atoms with Gasteiger partial charge in [0, 0.05) is 30.8 Å². The van der Waals surface area contributed by atoms with Crippen LogP contribution in [0, 0.1) is 0 Å². The van der Waals surface area contributed by atoms with Gasteiger partial charge in [-0.15, -0.1) is 22.6 Å². The van der Waals surface area contributed by atoms with Crippen molar-refractivity contribution >= 4 is 34.8 Å². The number of alkyl halides is 3. The normalized spacial score (nSPS) is 14.1. The Morgan fingerprint density at radius 2 is 2.09 bits per heavy atom. The molecule has 1 amide bonds. The molecule has 0 atom stereocenters. The summed E-state index contributed by atoms with van der Waals surface area (Å²) in [6.45, 7) is 1.26. The fourth-order valence-corrected chi connectivity index (χ4v) is 2.56. The SMILES string of the molecule is Cl.O=C(Nc1nnc(C(F)(F)F)s1)c1n[nH]c2c1CNCC2. The molecule has 0 spiro atoms. The lowest BCUT2D eigenvalue weighted by Gasteiger charge is -2.12. The number of hydrogen-bond acceptors (Lipinski definition) is 6. The molecule has 2 aromatic heterocycles. The lowest BCUT2D eigenvalue weighted by molar-refractivity contribution is -0.138. The summed E-state index contributed by atoms with van der Waals surface area (Å²) in [7, 11) is 0. The smallest absolute Gasteiger partial charge is 0.312 e. The van der Waals surface area contributed by atoms with Gasteiger partial charge in [0.15, 0.2) is 5.69 Å². The van der Waals surface area contributed by atoms with Crippen molar-refractivity contribution in [1.82, 2.24) is 25.7 Å². The van der Waals surface area contributed by atoms with E-state index in [1.807, 2.05) is 0 Å². The average Bonchev–Trinajstić information content (AvgIpc) is 3.03. The first-order chi connectivity index (χ1) is 9.95. The highest BCUT2D eigenvalue weighted by Gasteiger charge is 2.36. The zero-order valence-electron chi connectivity index (χ0n) is 10.8. The summed E-state index contributed by atoms with van der Waals surface area (Å²) in [4.78, 5) is 12.0. The van der Waals surface area contributed by atoms with Gasteiger partial charge in [0.1, 0.15) is 0 Å². The van der Waals surface area contributed by atoms with Crippen LogP contribution in [-0.2, 0) is 19.1 Å². The number of rotatable bonds is 2. The largest absolute Gasteiger partial charge is 0.445 e. The number of fused-ring (bicyclic) bond motifs is 1. The highest BCUT2D eigenvalue weighted by molar-refractivity contribution is 7.15. The quantitative estimate of drug-likeness (QED) is 0.761. The van der Waals surface area contributed by atoms with Gasteiger partial charge >= 0.3 is 6.18 Å². The average molecular weight is 355 g/mol. The van der Waals surface area contributed by atoms with Gasteiger partial charge in [-0.3, -0.25) is 15.2 Å². The van der Waals surface area contributed by atoms with Crippen molar-refractivity contribution in [2.24, 2.45) is 0 Å². The molecule has 0 fully saturated rings. The summed E-state index contributed by atoms with van der Waals surface area (Å²) in [5.41, 5.74) is 1.73. The molecular weight excluding hydrogens is 345 g/mol. The monoisotopic (exact) mass is 354 g/mol. The standard InChI is InChI=1S/C10H9F3N6OS.ClH/c11-10(12,13)8-18-19-9(21-8)15-7(20)6-4-3-14-2-1-5(4)16-17-6;/h14H,1-3H2,(H,16,17)(H,15,19,20);1H. The van der Waals surface area contributed by atoms with Gasteiger partial charge in [0.25, 0.3) is 5.91 Å². The van der Waals surface area contributed by atoms with Gasteiger partial charge in [-0.05, 0) is 0 Å². The molecule has 3 rings (SSSR count). The van der Waals surface area contributed by atoms with Crippen LogP contribution in [0.3, 0.4) is 0 Å². The van der Waals surface area contributed by atoms with Crippen LogP contribution in [-0.4, -0.2) is 32.8 Å². The Labute approximate surface area is 132 Å². The molecule has 0 unspecified atom stereocenters. The van der Waals surface area contributed by atoms with Gasteiger partial charge in [-0.25, -0.2) is 0 Å². The number of aromatic amines is 1. The van der Waals surface area contributed by atoms with Gasteiger partial charge in [0.2, 0.25) is 10.1 Å². The van der Waals surface area contributed by atoms with Gasteiger partial charge < -0.3 is 5.32 Å². The number of H-pyrrole nitrogens is 1. The minimum atomic E-state index is -4.57. The Hall–Kier alpha value is -1.72. The third-order valence-electron chi connectivity index (χ3n) is 2.91. The molecule has 3 N–H and O–H groups in total. The van der Waals surface area contributed by atoms with Crippen molar-refractivity contribution in [1.29, 1.82) is 0 Å². The number of carbonyl (C=O) groups is 1. The summed E-state index contributed by atoms with van der Waals surface area (Å²) >= 11 is 0.270. The minimum absolute atomic E-state index is 0. The second kappa shape index (κ2) is 6.18. The molecule has 0 saturated heterocycles. The molecule has 0 aliphatic carbocycles. The molecule has 0 bridgehead atoms. The van der Waals surface area contributed by atoms with E-state index in [-0.39, 0.29) is 34.6 Å². The highest BCUT2D eigenvalue weighted by Crippen LogP contribution is 2.33. The maximum Gasteiger partial charge on any atom is 0.445 e. The Kier molecular flexibility index (Phi) is 4.68. The zero-order valence-corrected chi connectivity index (χ0v) is 12.5. The number of nitrogens with zero attached hydrogens (tertiary/aromatic N) is 3. The second-order valence-corrected chi connectivity index (χ2v) is 5.30. The molecule has 0 aromatic carbocycles. The molecule has 120 valence electrons.